The topological polar surface area (TPSA) is 20.3 Å². The van der Waals surface area contributed by atoms with Gasteiger partial charge in [-0.3, -0.25) is 0 Å². The molecule has 2 heterocycles. The van der Waals surface area contributed by atoms with Crippen LogP contribution < -0.4 is 15.3 Å². The molecule has 5 heteroatoms. The molecular weight excluding hydrogens is 433 g/mol. The molecule has 0 saturated carbocycles. The predicted molar refractivity (Wildman–Crippen MR) is 100 cm³/mol. The van der Waals surface area contributed by atoms with Crippen molar-refractivity contribution in [2.24, 2.45) is 0 Å². The van der Waals surface area contributed by atoms with Gasteiger partial charge in [-0.1, -0.05) is 0 Å². The third-order valence-corrected chi connectivity index (χ3v) is 11.0. The van der Waals surface area contributed by atoms with Gasteiger partial charge in [-0.25, -0.2) is 0 Å². The molecule has 1 aliphatic heterocycles. The predicted octanol–water partition coefficient (Wildman–Crippen LogP) is 3.30. The van der Waals surface area contributed by atoms with Crippen molar-refractivity contribution in [1.82, 2.24) is 0 Å². The normalized spacial score (nSPS) is 14.9. The monoisotopic (exact) mass is 451 g/mol. The molecule has 0 radical (unpaired) electrons. The molecule has 0 saturated heterocycles. The summed E-state index contributed by atoms with van der Waals surface area (Å²) in [5.74, 6) is -0.217. The van der Waals surface area contributed by atoms with Gasteiger partial charge in [0.05, 0.1) is 0 Å². The van der Waals surface area contributed by atoms with Crippen LogP contribution in [0, 0.1) is 5.82 Å². The molecule has 0 amide bonds. The first-order chi connectivity index (χ1) is 11.5. The number of anilines is 3. The summed E-state index contributed by atoms with van der Waals surface area (Å²) in [6.45, 7) is 4.63. The van der Waals surface area contributed by atoms with Crippen molar-refractivity contribution in [3.8, 4) is 0 Å². The Bertz CT molecular complexity index is 950. The Kier molecular flexibility index (Phi) is 3.76. The van der Waals surface area contributed by atoms with E-state index < -0.39 is 28.5 Å². The Morgan fingerprint density at radius 3 is 2.50 bits per heavy atom. The van der Waals surface area contributed by atoms with E-state index in [4.69, 9.17) is 0 Å². The molecule has 0 aliphatic carbocycles. The zero-order valence-corrected chi connectivity index (χ0v) is 16.7. The van der Waals surface area contributed by atoms with E-state index in [1.807, 2.05) is 24.3 Å². The minimum absolute atomic E-state index is 0.217. The number of rotatable bonds is 2. The van der Waals surface area contributed by atoms with Crippen molar-refractivity contribution >= 4 is 60.2 Å². The molecule has 24 heavy (non-hydrogen) atoms. The molecule has 0 N–H and O–H groups in total. The summed E-state index contributed by atoms with van der Waals surface area (Å²) in [6.07, 6.45) is 0.951. The van der Waals surface area contributed by atoms with Crippen LogP contribution in [0.1, 0.15) is 8.37 Å². The van der Waals surface area contributed by atoms with Gasteiger partial charge in [0.2, 0.25) is 0 Å². The molecule has 2 aromatic carbocycles. The first-order valence-corrected chi connectivity index (χ1v) is 13.1. The number of para-hydroxylation sites is 1. The molecule has 3 aromatic rings. The number of fused-ring (bicyclic) bond motifs is 2. The molecule has 0 fully saturated rings. The van der Waals surface area contributed by atoms with E-state index in [9.17, 15) is 9.18 Å². The van der Waals surface area contributed by atoms with Crippen molar-refractivity contribution in [3.05, 3.63) is 64.0 Å². The molecular formula is C19H16FNOSiTe. The Labute approximate surface area is 151 Å². The Hall–Kier alpha value is -1.67. The van der Waals surface area contributed by atoms with E-state index in [2.05, 4.69) is 36.2 Å². The molecule has 0 atom stereocenters. The van der Waals surface area contributed by atoms with Crippen LogP contribution in [0.25, 0.3) is 0 Å². The SMILES string of the molecule is C[Si]1(C)c2ccccc2N(c2ccc(C=O)[te]2)c2cc(F)ccc21. The number of nitrogens with zero attached hydrogens (tertiary/aromatic N) is 1. The van der Waals surface area contributed by atoms with Crippen molar-refractivity contribution in [2.45, 2.75) is 13.1 Å². The van der Waals surface area contributed by atoms with Crippen LogP contribution >= 0.6 is 0 Å². The summed E-state index contributed by atoms with van der Waals surface area (Å²) < 4.78 is 16.1. The second-order valence-electron chi connectivity index (χ2n) is 6.43. The molecule has 0 spiro atoms. The van der Waals surface area contributed by atoms with Crippen LogP contribution in [0.3, 0.4) is 0 Å². The zero-order chi connectivity index (χ0) is 16.9. The molecule has 120 valence electrons. The van der Waals surface area contributed by atoms with Crippen LogP contribution in [0.15, 0.2) is 54.6 Å². The molecule has 2 nitrogen and oxygen atoms in total. The van der Waals surface area contributed by atoms with Crippen molar-refractivity contribution < 1.29 is 9.18 Å². The van der Waals surface area contributed by atoms with Gasteiger partial charge in [0, 0.05) is 0 Å². The standard InChI is InChI=1S/C19H16FNOSiTe/c1-23(2)17-6-4-3-5-15(17)21(19-10-8-14(12-22)24-19)16-11-13(20)7-9-18(16)23/h3-12H,1-2H3. The van der Waals surface area contributed by atoms with E-state index in [0.29, 0.717) is 0 Å². The van der Waals surface area contributed by atoms with E-state index >= 15 is 0 Å². The Balaban J connectivity index is 2.03. The summed E-state index contributed by atoms with van der Waals surface area (Å²) in [4.78, 5) is 13.3. The molecule has 0 bridgehead atoms. The number of carbonyl (C=O) groups is 1. The Morgan fingerprint density at radius 2 is 1.75 bits per heavy atom. The van der Waals surface area contributed by atoms with Crippen molar-refractivity contribution in [1.29, 1.82) is 0 Å². The van der Waals surface area contributed by atoms with Crippen LogP contribution in [0.2, 0.25) is 13.1 Å². The fourth-order valence-corrected chi connectivity index (χ4v) is 8.84. The number of benzene rings is 2. The number of hydrogen-bond acceptors (Lipinski definition) is 2. The van der Waals surface area contributed by atoms with Crippen LogP contribution in [0.4, 0.5) is 19.5 Å². The number of hydrogen-bond donors (Lipinski definition) is 0. The summed E-state index contributed by atoms with van der Waals surface area (Å²) in [5, 5.41) is 2.60. The van der Waals surface area contributed by atoms with Crippen LogP contribution in [-0.4, -0.2) is 34.8 Å². The van der Waals surface area contributed by atoms with Gasteiger partial charge in [-0.15, -0.1) is 0 Å². The van der Waals surface area contributed by atoms with Gasteiger partial charge in [-0.05, 0) is 0 Å². The first kappa shape index (κ1) is 15.8. The maximum absolute atomic E-state index is 14.0. The fourth-order valence-electron chi connectivity index (χ4n) is 3.45. The molecule has 0 unspecified atom stereocenters. The molecule has 4 rings (SSSR count). The zero-order valence-electron chi connectivity index (χ0n) is 13.4. The van der Waals surface area contributed by atoms with Gasteiger partial charge in [0.15, 0.2) is 0 Å². The average Bonchev–Trinajstić information content (AvgIpc) is 3.03. The van der Waals surface area contributed by atoms with Gasteiger partial charge in [-0.2, -0.15) is 0 Å². The number of halogens is 1. The second-order valence-corrected chi connectivity index (χ2v) is 13.9. The van der Waals surface area contributed by atoms with E-state index in [0.717, 1.165) is 24.9 Å². The summed E-state index contributed by atoms with van der Waals surface area (Å²) in [7, 11) is -1.88. The quantitative estimate of drug-likeness (QED) is 0.443. The average molecular weight is 449 g/mol. The third kappa shape index (κ3) is 2.31. The minimum atomic E-state index is -1.88. The number of aldehydes is 1. The van der Waals surface area contributed by atoms with Crippen LogP contribution in [0.5, 0.6) is 0 Å². The summed E-state index contributed by atoms with van der Waals surface area (Å²) in [5.41, 5.74) is 2.09. The van der Waals surface area contributed by atoms with Crippen molar-refractivity contribution in [2.75, 3.05) is 4.90 Å². The van der Waals surface area contributed by atoms with E-state index in [1.165, 1.54) is 10.4 Å². The Morgan fingerprint density at radius 1 is 1.00 bits per heavy atom. The second kappa shape index (κ2) is 5.70. The summed E-state index contributed by atoms with van der Waals surface area (Å²) in [6, 6.07) is 17.5. The molecule has 1 aromatic heterocycles. The maximum atomic E-state index is 14.0. The van der Waals surface area contributed by atoms with Gasteiger partial charge >= 0.3 is 151 Å². The summed E-state index contributed by atoms with van der Waals surface area (Å²) >= 11 is -0.738. The van der Waals surface area contributed by atoms with E-state index in [-0.39, 0.29) is 5.82 Å². The van der Waals surface area contributed by atoms with E-state index in [1.54, 1.807) is 12.1 Å². The van der Waals surface area contributed by atoms with Gasteiger partial charge in [0.25, 0.3) is 0 Å². The van der Waals surface area contributed by atoms with Gasteiger partial charge < -0.3 is 0 Å². The van der Waals surface area contributed by atoms with Gasteiger partial charge in [0.1, 0.15) is 0 Å². The fraction of sp³-hybridized carbons (Fsp3) is 0.105. The van der Waals surface area contributed by atoms with Crippen LogP contribution in [-0.2, 0) is 0 Å². The molecule has 1 aliphatic rings. The third-order valence-electron chi connectivity index (χ3n) is 4.64. The first-order valence-electron chi connectivity index (χ1n) is 7.77. The van der Waals surface area contributed by atoms with Crippen molar-refractivity contribution in [3.63, 3.8) is 0 Å². The number of carbonyl (C=O) groups excluding carboxylic acids is 1.